The highest BCUT2D eigenvalue weighted by atomic mass is 32.1. The van der Waals surface area contributed by atoms with Crippen LogP contribution in [0.5, 0.6) is 0 Å². The molecule has 1 aliphatic rings. The Morgan fingerprint density at radius 1 is 1.11 bits per heavy atom. The summed E-state index contributed by atoms with van der Waals surface area (Å²) >= 11 is 1.43. The first-order chi connectivity index (χ1) is 17.3. The van der Waals surface area contributed by atoms with Gasteiger partial charge in [-0.25, -0.2) is 9.78 Å². The highest BCUT2D eigenvalue weighted by Crippen LogP contribution is 2.31. The van der Waals surface area contributed by atoms with Crippen LogP contribution in [-0.2, 0) is 16.6 Å². The van der Waals surface area contributed by atoms with Crippen molar-refractivity contribution in [1.82, 2.24) is 25.4 Å². The molecule has 4 heterocycles. The van der Waals surface area contributed by atoms with Crippen molar-refractivity contribution < 1.29 is 14.1 Å². The van der Waals surface area contributed by atoms with Crippen molar-refractivity contribution in [3.63, 3.8) is 0 Å². The number of anilines is 2. The maximum Gasteiger partial charge on any atom is 0.321 e. The van der Waals surface area contributed by atoms with Gasteiger partial charge < -0.3 is 19.5 Å². The Bertz CT molecular complexity index is 1360. The van der Waals surface area contributed by atoms with Crippen LogP contribution >= 0.6 is 11.3 Å². The molecule has 10 nitrogen and oxygen atoms in total. The van der Waals surface area contributed by atoms with E-state index in [1.165, 1.54) is 11.3 Å². The molecule has 0 radical (unpaired) electrons. The predicted octanol–water partition coefficient (Wildman–Crippen LogP) is 4.24. The number of amides is 2. The molecular formula is C25H29N7O3S. The molecule has 5 rings (SSSR count). The predicted molar refractivity (Wildman–Crippen MR) is 140 cm³/mol. The van der Waals surface area contributed by atoms with Crippen LogP contribution in [0, 0.1) is 0 Å². The normalized spacial score (nSPS) is 14.2. The second-order valence-electron chi connectivity index (χ2n) is 9.63. The summed E-state index contributed by atoms with van der Waals surface area (Å²) in [6, 6.07) is 7.91. The number of carbonyl (C=O) groups excluding carboxylic acids is 1. The molecular weight excluding hydrogens is 478 g/mol. The number of urea groups is 1. The Balaban J connectivity index is 1.20. The fraction of sp³-hybridized carbons (Fsp3) is 0.400. The molecule has 0 bridgehead atoms. The first-order valence-corrected chi connectivity index (χ1v) is 12.7. The zero-order valence-corrected chi connectivity index (χ0v) is 21.4. The lowest BCUT2D eigenvalue weighted by Crippen LogP contribution is -2.36. The fourth-order valence-corrected chi connectivity index (χ4v) is 4.73. The highest BCUT2D eigenvalue weighted by molar-refractivity contribution is 7.22. The Kier molecular flexibility index (Phi) is 6.84. The van der Waals surface area contributed by atoms with Crippen molar-refractivity contribution in [2.75, 3.05) is 43.1 Å². The standard InChI is InChI=1S/C25H29N7O3S/c1-25(2,3)22-29-21(31-35-22)6-7-27-23(33)30-24-28-19-5-4-16(13-20(19)36-24)17-12-18(15-26-14-17)32-8-10-34-11-9-32/h4-5,12-15H,6-11H2,1-3H3,(H2,27,28,30,33). The third-order valence-electron chi connectivity index (χ3n) is 5.79. The molecule has 1 saturated heterocycles. The summed E-state index contributed by atoms with van der Waals surface area (Å²) in [5, 5.41) is 10.2. The molecule has 0 unspecified atom stereocenters. The number of fused-ring (bicyclic) bond motifs is 1. The topological polar surface area (TPSA) is 118 Å². The number of ether oxygens (including phenoxy) is 1. The lowest BCUT2D eigenvalue weighted by molar-refractivity contribution is 0.122. The molecule has 2 N–H and O–H groups in total. The van der Waals surface area contributed by atoms with E-state index < -0.39 is 0 Å². The zero-order valence-electron chi connectivity index (χ0n) is 20.6. The van der Waals surface area contributed by atoms with Crippen LogP contribution < -0.4 is 15.5 Å². The number of hydrogen-bond donors (Lipinski definition) is 2. The van der Waals surface area contributed by atoms with E-state index in [1.807, 2.05) is 45.3 Å². The lowest BCUT2D eigenvalue weighted by Gasteiger charge is -2.28. The number of aromatic nitrogens is 4. The second kappa shape index (κ2) is 10.2. The van der Waals surface area contributed by atoms with Gasteiger partial charge >= 0.3 is 6.03 Å². The summed E-state index contributed by atoms with van der Waals surface area (Å²) in [5.74, 6) is 1.15. The summed E-state index contributed by atoms with van der Waals surface area (Å²) in [5.41, 5.74) is 3.81. The van der Waals surface area contributed by atoms with E-state index in [9.17, 15) is 4.79 Å². The minimum atomic E-state index is -0.323. The maximum absolute atomic E-state index is 12.4. The Hall–Kier alpha value is -3.57. The second-order valence-corrected chi connectivity index (χ2v) is 10.7. The number of rotatable bonds is 6. The molecule has 0 aliphatic carbocycles. The number of nitrogens with zero attached hydrogens (tertiary/aromatic N) is 5. The van der Waals surface area contributed by atoms with Crippen molar-refractivity contribution in [2.24, 2.45) is 0 Å². The summed E-state index contributed by atoms with van der Waals surface area (Å²) in [4.78, 5) is 28.0. The van der Waals surface area contributed by atoms with Crippen LogP contribution in [0.15, 0.2) is 41.2 Å². The quantitative estimate of drug-likeness (QED) is 0.398. The smallest absolute Gasteiger partial charge is 0.321 e. The molecule has 0 atom stereocenters. The number of hydrogen-bond acceptors (Lipinski definition) is 9. The lowest BCUT2D eigenvalue weighted by atomic mass is 9.97. The Labute approximate surface area is 213 Å². The average Bonchev–Trinajstić information content (AvgIpc) is 3.51. The number of thiazole rings is 1. The minimum absolute atomic E-state index is 0.204. The number of benzene rings is 1. The Morgan fingerprint density at radius 3 is 2.72 bits per heavy atom. The van der Waals surface area contributed by atoms with Gasteiger partial charge in [-0.2, -0.15) is 4.98 Å². The van der Waals surface area contributed by atoms with Gasteiger partial charge in [0, 0.05) is 43.2 Å². The molecule has 1 aromatic carbocycles. The van der Waals surface area contributed by atoms with E-state index in [1.54, 1.807) is 0 Å². The molecule has 0 saturated carbocycles. The fourth-order valence-electron chi connectivity index (χ4n) is 3.83. The number of pyridine rings is 1. The van der Waals surface area contributed by atoms with Crippen LogP contribution in [-0.4, -0.2) is 59.0 Å². The van der Waals surface area contributed by atoms with Gasteiger partial charge in [0.15, 0.2) is 11.0 Å². The number of carbonyl (C=O) groups is 1. The molecule has 3 aromatic heterocycles. The summed E-state index contributed by atoms with van der Waals surface area (Å²) in [7, 11) is 0. The maximum atomic E-state index is 12.4. The van der Waals surface area contributed by atoms with E-state index in [0.717, 1.165) is 53.3 Å². The number of morpholine rings is 1. The largest absolute Gasteiger partial charge is 0.378 e. The monoisotopic (exact) mass is 507 g/mol. The van der Waals surface area contributed by atoms with E-state index >= 15 is 0 Å². The molecule has 36 heavy (non-hydrogen) atoms. The van der Waals surface area contributed by atoms with Crippen molar-refractivity contribution in [1.29, 1.82) is 0 Å². The minimum Gasteiger partial charge on any atom is -0.378 e. The van der Waals surface area contributed by atoms with Crippen LogP contribution in [0.1, 0.15) is 32.5 Å². The molecule has 0 spiro atoms. The van der Waals surface area contributed by atoms with Gasteiger partial charge in [-0.15, -0.1) is 0 Å². The molecule has 1 fully saturated rings. The van der Waals surface area contributed by atoms with Crippen LogP contribution in [0.25, 0.3) is 21.3 Å². The van der Waals surface area contributed by atoms with Gasteiger partial charge in [0.2, 0.25) is 5.89 Å². The van der Waals surface area contributed by atoms with E-state index in [0.29, 0.717) is 29.8 Å². The summed E-state index contributed by atoms with van der Waals surface area (Å²) < 4.78 is 11.7. The van der Waals surface area contributed by atoms with E-state index in [4.69, 9.17) is 9.26 Å². The summed E-state index contributed by atoms with van der Waals surface area (Å²) in [6.45, 7) is 9.61. The van der Waals surface area contributed by atoms with Crippen molar-refractivity contribution in [3.8, 4) is 11.1 Å². The van der Waals surface area contributed by atoms with E-state index in [2.05, 4.69) is 47.8 Å². The molecule has 188 valence electrons. The molecule has 2 amide bonds. The van der Waals surface area contributed by atoms with Gasteiger partial charge in [-0.1, -0.05) is 43.3 Å². The van der Waals surface area contributed by atoms with Gasteiger partial charge in [0.1, 0.15) is 0 Å². The third kappa shape index (κ3) is 5.63. The van der Waals surface area contributed by atoms with Gasteiger partial charge in [-0.05, 0) is 23.8 Å². The van der Waals surface area contributed by atoms with Crippen LogP contribution in [0.4, 0.5) is 15.6 Å². The number of nitrogens with one attached hydrogen (secondary N) is 2. The first kappa shape index (κ1) is 24.1. The zero-order chi connectivity index (χ0) is 25.1. The van der Waals surface area contributed by atoms with Gasteiger partial charge in [0.05, 0.1) is 35.3 Å². The van der Waals surface area contributed by atoms with Crippen LogP contribution in [0.3, 0.4) is 0 Å². The van der Waals surface area contributed by atoms with Crippen molar-refractivity contribution in [2.45, 2.75) is 32.6 Å². The highest BCUT2D eigenvalue weighted by Gasteiger charge is 2.21. The van der Waals surface area contributed by atoms with Crippen molar-refractivity contribution in [3.05, 3.63) is 48.4 Å². The molecule has 1 aliphatic heterocycles. The Morgan fingerprint density at radius 2 is 1.94 bits per heavy atom. The van der Waals surface area contributed by atoms with Crippen molar-refractivity contribution >= 4 is 38.4 Å². The third-order valence-corrected chi connectivity index (χ3v) is 6.72. The van der Waals surface area contributed by atoms with Gasteiger partial charge in [0.25, 0.3) is 0 Å². The SMILES string of the molecule is CC(C)(C)c1nc(CCNC(=O)Nc2nc3ccc(-c4cncc(N5CCOCC5)c4)cc3s2)no1. The summed E-state index contributed by atoms with van der Waals surface area (Å²) in [6.07, 6.45) is 4.24. The van der Waals surface area contributed by atoms with Crippen LogP contribution in [0.2, 0.25) is 0 Å². The molecule has 4 aromatic rings. The van der Waals surface area contributed by atoms with E-state index in [-0.39, 0.29) is 11.4 Å². The first-order valence-electron chi connectivity index (χ1n) is 11.9. The van der Waals surface area contributed by atoms with Gasteiger partial charge in [-0.3, -0.25) is 10.3 Å². The molecule has 11 heteroatoms. The average molecular weight is 508 g/mol.